The number of hydrogen-bond donors (Lipinski definition) is 1. The van der Waals surface area contributed by atoms with Crippen molar-refractivity contribution in [2.75, 3.05) is 0 Å². The lowest BCUT2D eigenvalue weighted by atomic mass is 10.1. The van der Waals surface area contributed by atoms with Gasteiger partial charge in [-0.25, -0.2) is 15.3 Å². The number of benzene rings is 1. The Balaban J connectivity index is 1.82. The Bertz CT molecular complexity index is 587. The van der Waals surface area contributed by atoms with Crippen molar-refractivity contribution in [2.24, 2.45) is 4.99 Å². The standard InChI is InChI=1S/C15H13BrN2O/c16-13-8-4-7-11(9-10-13)14-17-15(19-18-14)12-5-2-1-3-6-12/h1-6,8-10,15H,7H2,(H,17,18). The summed E-state index contributed by atoms with van der Waals surface area (Å²) in [5.74, 6) is 0.803. The molecule has 96 valence electrons. The van der Waals surface area contributed by atoms with Gasteiger partial charge in [0, 0.05) is 15.6 Å². The maximum absolute atomic E-state index is 5.52. The van der Waals surface area contributed by atoms with Crippen LogP contribution in [0.5, 0.6) is 0 Å². The second-order valence-corrected chi connectivity index (χ2v) is 5.23. The second kappa shape index (κ2) is 5.55. The van der Waals surface area contributed by atoms with Gasteiger partial charge in [0.1, 0.15) is 0 Å². The Kier molecular flexibility index (Phi) is 3.62. The second-order valence-electron chi connectivity index (χ2n) is 4.31. The molecule has 1 aromatic rings. The number of allylic oxidation sites excluding steroid dienone is 5. The van der Waals surface area contributed by atoms with Crippen LogP contribution in [0.25, 0.3) is 0 Å². The van der Waals surface area contributed by atoms with E-state index >= 15 is 0 Å². The highest BCUT2D eigenvalue weighted by molar-refractivity contribution is 9.11. The summed E-state index contributed by atoms with van der Waals surface area (Å²) in [6.07, 6.45) is 8.76. The Labute approximate surface area is 120 Å². The molecule has 1 aromatic carbocycles. The molecule has 0 amide bonds. The van der Waals surface area contributed by atoms with Crippen LogP contribution < -0.4 is 5.48 Å². The molecule has 4 heteroatoms. The predicted octanol–water partition coefficient (Wildman–Crippen LogP) is 3.78. The van der Waals surface area contributed by atoms with E-state index in [0.29, 0.717) is 0 Å². The highest BCUT2D eigenvalue weighted by Crippen LogP contribution is 2.24. The van der Waals surface area contributed by atoms with Gasteiger partial charge in [-0.3, -0.25) is 0 Å². The fourth-order valence-electron chi connectivity index (χ4n) is 1.97. The molecule has 1 aliphatic heterocycles. The van der Waals surface area contributed by atoms with Crippen molar-refractivity contribution in [3.63, 3.8) is 0 Å². The zero-order valence-electron chi connectivity index (χ0n) is 10.2. The molecule has 1 atom stereocenters. The SMILES string of the molecule is BrC1=CC=C(C2=NC(c3ccccc3)ON2)CC=C1. The molecular weight excluding hydrogens is 304 g/mol. The summed E-state index contributed by atoms with van der Waals surface area (Å²) in [4.78, 5) is 10.1. The number of amidine groups is 1. The average Bonchev–Trinajstić information content (AvgIpc) is 2.84. The summed E-state index contributed by atoms with van der Waals surface area (Å²) >= 11 is 3.46. The molecule has 0 saturated carbocycles. The van der Waals surface area contributed by atoms with Crippen molar-refractivity contribution in [3.05, 3.63) is 70.3 Å². The zero-order valence-corrected chi connectivity index (χ0v) is 11.8. The van der Waals surface area contributed by atoms with E-state index < -0.39 is 0 Å². The van der Waals surface area contributed by atoms with E-state index in [9.17, 15) is 0 Å². The molecule has 0 radical (unpaired) electrons. The largest absolute Gasteiger partial charge is 0.246 e. The number of hydrogen-bond acceptors (Lipinski definition) is 3. The molecule has 1 heterocycles. The number of nitrogens with zero attached hydrogens (tertiary/aromatic N) is 1. The summed E-state index contributed by atoms with van der Waals surface area (Å²) in [6, 6.07) is 9.98. The van der Waals surface area contributed by atoms with Gasteiger partial charge >= 0.3 is 0 Å². The lowest BCUT2D eigenvalue weighted by Gasteiger charge is -2.04. The fraction of sp³-hybridized carbons (Fsp3) is 0.133. The molecule has 0 saturated heterocycles. The molecule has 0 fully saturated rings. The van der Waals surface area contributed by atoms with Gasteiger partial charge in [-0.15, -0.1) is 0 Å². The quantitative estimate of drug-likeness (QED) is 0.900. The van der Waals surface area contributed by atoms with E-state index in [4.69, 9.17) is 4.84 Å². The summed E-state index contributed by atoms with van der Waals surface area (Å²) in [5.41, 5.74) is 5.08. The van der Waals surface area contributed by atoms with Crippen LogP contribution in [0.15, 0.2) is 69.7 Å². The maximum atomic E-state index is 5.52. The van der Waals surface area contributed by atoms with Crippen LogP contribution in [0.3, 0.4) is 0 Å². The molecule has 3 rings (SSSR count). The molecule has 1 unspecified atom stereocenters. The molecular formula is C15H13BrN2O. The minimum Gasteiger partial charge on any atom is -0.246 e. The fourth-order valence-corrected chi connectivity index (χ4v) is 2.29. The summed E-state index contributed by atoms with van der Waals surface area (Å²) in [6.45, 7) is 0. The lowest BCUT2D eigenvalue weighted by Crippen LogP contribution is -2.18. The number of rotatable bonds is 2. The first-order valence-corrected chi connectivity index (χ1v) is 6.90. The van der Waals surface area contributed by atoms with E-state index in [2.05, 4.69) is 32.5 Å². The molecule has 1 N–H and O–H groups in total. The molecule has 0 spiro atoms. The highest BCUT2D eigenvalue weighted by Gasteiger charge is 2.21. The van der Waals surface area contributed by atoms with Crippen molar-refractivity contribution < 1.29 is 4.84 Å². The lowest BCUT2D eigenvalue weighted by molar-refractivity contribution is 0.0376. The van der Waals surface area contributed by atoms with Crippen molar-refractivity contribution in [1.82, 2.24) is 5.48 Å². The summed E-state index contributed by atoms with van der Waals surface area (Å²) in [5, 5.41) is 0. The van der Waals surface area contributed by atoms with Crippen molar-refractivity contribution in [1.29, 1.82) is 0 Å². The third-order valence-electron chi connectivity index (χ3n) is 2.96. The molecule has 2 aliphatic rings. The maximum Gasteiger partial charge on any atom is 0.202 e. The van der Waals surface area contributed by atoms with Gasteiger partial charge in [-0.1, -0.05) is 64.5 Å². The molecule has 1 aliphatic carbocycles. The van der Waals surface area contributed by atoms with Crippen LogP contribution in [-0.2, 0) is 4.84 Å². The third kappa shape index (κ3) is 2.85. The van der Waals surface area contributed by atoms with Crippen LogP contribution in [-0.4, -0.2) is 5.84 Å². The van der Waals surface area contributed by atoms with Crippen molar-refractivity contribution in [2.45, 2.75) is 12.6 Å². The summed E-state index contributed by atoms with van der Waals surface area (Å²) < 4.78 is 1.06. The number of aliphatic imine (C=N–C) groups is 1. The summed E-state index contributed by atoms with van der Waals surface area (Å²) in [7, 11) is 0. The van der Waals surface area contributed by atoms with Crippen LogP contribution in [0, 0.1) is 0 Å². The normalized spacial score (nSPS) is 22.2. The Morgan fingerprint density at radius 2 is 2.05 bits per heavy atom. The van der Waals surface area contributed by atoms with Gasteiger partial charge in [0.15, 0.2) is 5.84 Å². The van der Waals surface area contributed by atoms with E-state index in [1.807, 2.05) is 48.6 Å². The molecule has 0 aromatic heterocycles. The van der Waals surface area contributed by atoms with Crippen LogP contribution in [0.1, 0.15) is 18.2 Å². The van der Waals surface area contributed by atoms with Gasteiger partial charge < -0.3 is 0 Å². The first-order chi connectivity index (χ1) is 9.33. The number of halogens is 1. The van der Waals surface area contributed by atoms with Crippen molar-refractivity contribution in [3.8, 4) is 0 Å². The highest BCUT2D eigenvalue weighted by atomic mass is 79.9. The number of hydroxylamine groups is 1. The zero-order chi connectivity index (χ0) is 13.1. The predicted molar refractivity (Wildman–Crippen MR) is 79.7 cm³/mol. The van der Waals surface area contributed by atoms with E-state index in [-0.39, 0.29) is 6.23 Å². The third-order valence-corrected chi connectivity index (χ3v) is 3.49. The van der Waals surface area contributed by atoms with Gasteiger partial charge in [0.2, 0.25) is 6.23 Å². The van der Waals surface area contributed by atoms with Crippen LogP contribution in [0.2, 0.25) is 0 Å². The first-order valence-electron chi connectivity index (χ1n) is 6.10. The number of nitrogens with one attached hydrogen (secondary N) is 1. The first kappa shape index (κ1) is 12.4. The van der Waals surface area contributed by atoms with Crippen LogP contribution in [0.4, 0.5) is 0 Å². The van der Waals surface area contributed by atoms with E-state index in [1.165, 1.54) is 0 Å². The van der Waals surface area contributed by atoms with Gasteiger partial charge in [0.05, 0.1) is 0 Å². The molecule has 0 bridgehead atoms. The van der Waals surface area contributed by atoms with Gasteiger partial charge in [-0.05, 0) is 12.5 Å². The monoisotopic (exact) mass is 316 g/mol. The van der Waals surface area contributed by atoms with Crippen molar-refractivity contribution >= 4 is 21.8 Å². The van der Waals surface area contributed by atoms with Gasteiger partial charge in [-0.2, -0.15) is 0 Å². The molecule has 3 nitrogen and oxygen atoms in total. The topological polar surface area (TPSA) is 33.6 Å². The minimum atomic E-state index is -0.267. The van der Waals surface area contributed by atoms with Crippen LogP contribution >= 0.6 is 15.9 Å². The van der Waals surface area contributed by atoms with E-state index in [0.717, 1.165) is 27.9 Å². The Morgan fingerprint density at radius 1 is 1.21 bits per heavy atom. The average molecular weight is 317 g/mol. The Hall–Kier alpha value is -1.65. The van der Waals surface area contributed by atoms with E-state index in [1.54, 1.807) is 0 Å². The molecule has 19 heavy (non-hydrogen) atoms. The van der Waals surface area contributed by atoms with Gasteiger partial charge in [0.25, 0.3) is 0 Å². The minimum absolute atomic E-state index is 0.267. The Morgan fingerprint density at radius 3 is 2.89 bits per heavy atom. The smallest absolute Gasteiger partial charge is 0.202 e.